The lowest BCUT2D eigenvalue weighted by Crippen LogP contribution is -2.48. The fourth-order valence-corrected chi connectivity index (χ4v) is 2.97. The summed E-state index contributed by atoms with van der Waals surface area (Å²) in [4.78, 5) is 33.7. The van der Waals surface area contributed by atoms with E-state index in [0.29, 0.717) is 25.4 Å². The van der Waals surface area contributed by atoms with Crippen LogP contribution in [0.3, 0.4) is 0 Å². The maximum Gasteiger partial charge on any atom is 0.245 e. The number of nitrogens with zero attached hydrogens (tertiary/aromatic N) is 3. The van der Waals surface area contributed by atoms with Crippen LogP contribution in [-0.2, 0) is 9.59 Å². The van der Waals surface area contributed by atoms with E-state index in [1.165, 1.54) is 6.92 Å². The van der Waals surface area contributed by atoms with Crippen LogP contribution < -0.4 is 10.1 Å². The number of amides is 2. The molecule has 1 aromatic rings. The second-order valence-corrected chi connectivity index (χ2v) is 6.38. The lowest BCUT2D eigenvalue weighted by atomic mass is 10.2. The number of ether oxygens (including phenoxy) is 1. The molecule has 8 heteroatoms. The standard InChI is InChI=1S/C15H22N4O3S/c1-11(20)18-13(4-8-23-2)15(21)19-7-3-12(10-19)22-14-9-16-5-6-17-14/h5-6,9,12-13H,3-4,7-8,10H2,1-2H3,(H,18,20)/t12-,13+/m0/s1. The highest BCUT2D eigenvalue weighted by atomic mass is 32.2. The van der Waals surface area contributed by atoms with Gasteiger partial charge in [0.25, 0.3) is 0 Å². The molecule has 23 heavy (non-hydrogen) atoms. The smallest absolute Gasteiger partial charge is 0.245 e. The van der Waals surface area contributed by atoms with Gasteiger partial charge in [-0.3, -0.25) is 14.6 Å². The van der Waals surface area contributed by atoms with Gasteiger partial charge in [0, 0.05) is 32.3 Å². The number of thioether (sulfide) groups is 1. The quantitative estimate of drug-likeness (QED) is 0.788. The first-order valence-corrected chi connectivity index (χ1v) is 8.97. The SMILES string of the molecule is CSCC[C@@H](NC(C)=O)C(=O)N1CC[C@H](Oc2cnccn2)C1. The van der Waals surface area contributed by atoms with Crippen molar-refractivity contribution in [2.45, 2.75) is 31.9 Å². The third-order valence-electron chi connectivity index (χ3n) is 3.57. The number of carbonyl (C=O) groups is 2. The summed E-state index contributed by atoms with van der Waals surface area (Å²) in [6.07, 6.45) is 7.99. The van der Waals surface area contributed by atoms with E-state index in [-0.39, 0.29) is 17.9 Å². The molecule has 0 saturated carbocycles. The first kappa shape index (κ1) is 17.5. The molecule has 0 unspecified atom stereocenters. The van der Waals surface area contributed by atoms with Gasteiger partial charge >= 0.3 is 0 Å². The Morgan fingerprint density at radius 1 is 1.52 bits per heavy atom. The minimum atomic E-state index is -0.463. The summed E-state index contributed by atoms with van der Waals surface area (Å²) in [6.45, 7) is 2.56. The van der Waals surface area contributed by atoms with Crippen LogP contribution >= 0.6 is 11.8 Å². The van der Waals surface area contributed by atoms with Gasteiger partial charge in [0.05, 0.1) is 12.7 Å². The van der Waals surface area contributed by atoms with Gasteiger partial charge in [0.1, 0.15) is 12.1 Å². The largest absolute Gasteiger partial charge is 0.471 e. The molecule has 126 valence electrons. The lowest BCUT2D eigenvalue weighted by molar-refractivity contribution is -0.135. The molecule has 1 aromatic heterocycles. The second kappa shape index (κ2) is 8.71. The van der Waals surface area contributed by atoms with Crippen LogP contribution in [0.5, 0.6) is 5.88 Å². The summed E-state index contributed by atoms with van der Waals surface area (Å²) in [7, 11) is 0. The van der Waals surface area contributed by atoms with Crippen molar-refractivity contribution in [2.24, 2.45) is 0 Å². The third kappa shape index (κ3) is 5.38. The lowest BCUT2D eigenvalue weighted by Gasteiger charge is -2.23. The van der Waals surface area contributed by atoms with Gasteiger partial charge < -0.3 is 15.0 Å². The Morgan fingerprint density at radius 2 is 2.35 bits per heavy atom. The Labute approximate surface area is 140 Å². The Hall–Kier alpha value is -1.83. The summed E-state index contributed by atoms with van der Waals surface area (Å²) in [5.41, 5.74) is 0. The van der Waals surface area contributed by atoms with Crippen molar-refractivity contribution in [3.63, 3.8) is 0 Å². The average Bonchev–Trinajstić information content (AvgIpc) is 3.00. The monoisotopic (exact) mass is 338 g/mol. The maximum atomic E-state index is 12.6. The van der Waals surface area contributed by atoms with E-state index in [9.17, 15) is 9.59 Å². The average molecular weight is 338 g/mol. The van der Waals surface area contributed by atoms with Crippen LogP contribution in [0.4, 0.5) is 0 Å². The minimum Gasteiger partial charge on any atom is -0.471 e. The summed E-state index contributed by atoms with van der Waals surface area (Å²) in [6, 6.07) is -0.463. The predicted molar refractivity (Wildman–Crippen MR) is 88.2 cm³/mol. The maximum absolute atomic E-state index is 12.6. The van der Waals surface area contributed by atoms with Crippen LogP contribution in [0.15, 0.2) is 18.6 Å². The van der Waals surface area contributed by atoms with Gasteiger partial charge in [-0.2, -0.15) is 11.8 Å². The van der Waals surface area contributed by atoms with Gasteiger partial charge in [-0.05, 0) is 18.4 Å². The molecule has 0 aromatic carbocycles. The highest BCUT2D eigenvalue weighted by Crippen LogP contribution is 2.17. The zero-order chi connectivity index (χ0) is 16.7. The first-order chi connectivity index (χ1) is 11.1. The van der Waals surface area contributed by atoms with Crippen LogP contribution in [-0.4, -0.2) is 63.9 Å². The van der Waals surface area contributed by atoms with Crippen molar-refractivity contribution in [1.82, 2.24) is 20.2 Å². The first-order valence-electron chi connectivity index (χ1n) is 7.57. The fourth-order valence-electron chi connectivity index (χ4n) is 2.50. The zero-order valence-corrected chi connectivity index (χ0v) is 14.2. The molecular weight excluding hydrogens is 316 g/mol. The molecule has 0 radical (unpaired) electrons. The molecular formula is C15H22N4O3S. The predicted octanol–water partition coefficient (Wildman–Crippen LogP) is 0.714. The number of hydrogen-bond acceptors (Lipinski definition) is 6. The molecule has 1 aliphatic heterocycles. The molecule has 0 bridgehead atoms. The van der Waals surface area contributed by atoms with Gasteiger partial charge in [0.2, 0.25) is 17.7 Å². The van der Waals surface area contributed by atoms with Crippen LogP contribution in [0.2, 0.25) is 0 Å². The molecule has 1 saturated heterocycles. The van der Waals surface area contributed by atoms with E-state index in [2.05, 4.69) is 15.3 Å². The zero-order valence-electron chi connectivity index (χ0n) is 13.4. The van der Waals surface area contributed by atoms with E-state index < -0.39 is 6.04 Å². The number of likely N-dealkylation sites (tertiary alicyclic amines) is 1. The van der Waals surface area contributed by atoms with Gasteiger partial charge in [-0.15, -0.1) is 0 Å². The third-order valence-corrected chi connectivity index (χ3v) is 4.21. The van der Waals surface area contributed by atoms with Crippen LogP contribution in [0.25, 0.3) is 0 Å². The Morgan fingerprint density at radius 3 is 3.00 bits per heavy atom. The molecule has 2 heterocycles. The van der Waals surface area contributed by atoms with Crippen LogP contribution in [0, 0.1) is 0 Å². The van der Waals surface area contributed by atoms with E-state index in [4.69, 9.17) is 4.74 Å². The number of rotatable bonds is 7. The topological polar surface area (TPSA) is 84.4 Å². The summed E-state index contributed by atoms with van der Waals surface area (Å²) < 4.78 is 5.74. The van der Waals surface area contributed by atoms with Crippen molar-refractivity contribution in [3.8, 4) is 5.88 Å². The van der Waals surface area contributed by atoms with E-state index in [1.807, 2.05) is 6.26 Å². The molecule has 2 atom stereocenters. The van der Waals surface area contributed by atoms with Crippen LogP contribution in [0.1, 0.15) is 19.8 Å². The molecule has 1 fully saturated rings. The van der Waals surface area contributed by atoms with E-state index >= 15 is 0 Å². The molecule has 2 rings (SSSR count). The molecule has 1 N–H and O–H groups in total. The highest BCUT2D eigenvalue weighted by Gasteiger charge is 2.32. The number of nitrogens with one attached hydrogen (secondary N) is 1. The number of carbonyl (C=O) groups excluding carboxylic acids is 2. The summed E-state index contributed by atoms with van der Waals surface area (Å²) >= 11 is 1.66. The van der Waals surface area contributed by atoms with Gasteiger partial charge in [0.15, 0.2) is 0 Å². The van der Waals surface area contributed by atoms with Crippen molar-refractivity contribution in [1.29, 1.82) is 0 Å². The van der Waals surface area contributed by atoms with Crippen molar-refractivity contribution < 1.29 is 14.3 Å². The molecule has 0 spiro atoms. The molecule has 0 aliphatic carbocycles. The van der Waals surface area contributed by atoms with Gasteiger partial charge in [-0.25, -0.2) is 4.98 Å². The summed E-state index contributed by atoms with van der Waals surface area (Å²) in [5.74, 6) is 1.06. The van der Waals surface area contributed by atoms with E-state index in [1.54, 1.807) is 35.3 Å². The fraction of sp³-hybridized carbons (Fsp3) is 0.600. The van der Waals surface area contributed by atoms with E-state index in [0.717, 1.165) is 12.2 Å². The highest BCUT2D eigenvalue weighted by molar-refractivity contribution is 7.98. The molecule has 2 amide bonds. The van der Waals surface area contributed by atoms with Gasteiger partial charge in [-0.1, -0.05) is 0 Å². The van der Waals surface area contributed by atoms with Crippen molar-refractivity contribution in [2.75, 3.05) is 25.1 Å². The molecule has 1 aliphatic rings. The minimum absolute atomic E-state index is 0.0421. The number of aromatic nitrogens is 2. The normalized spacial score (nSPS) is 18.5. The number of hydrogen-bond donors (Lipinski definition) is 1. The molecule has 7 nitrogen and oxygen atoms in total. The van der Waals surface area contributed by atoms with Crippen molar-refractivity contribution >= 4 is 23.6 Å². The summed E-state index contributed by atoms with van der Waals surface area (Å²) in [5, 5.41) is 2.75. The second-order valence-electron chi connectivity index (χ2n) is 5.39. The van der Waals surface area contributed by atoms with Crippen molar-refractivity contribution in [3.05, 3.63) is 18.6 Å². The Bertz CT molecular complexity index is 529. The Kier molecular flexibility index (Phi) is 6.64. The Balaban J connectivity index is 1.90.